The minimum Gasteiger partial charge on any atom is -0.480 e. The zero-order valence-electron chi connectivity index (χ0n) is 8.79. The molecule has 0 heterocycles. The van der Waals surface area contributed by atoms with E-state index in [0.717, 1.165) is 14.9 Å². The van der Waals surface area contributed by atoms with E-state index in [2.05, 4.69) is 22.6 Å². The van der Waals surface area contributed by atoms with Crippen molar-refractivity contribution in [3.05, 3.63) is 27.3 Å². The molecule has 2 N–H and O–H groups in total. The molecule has 1 rings (SSSR count). The van der Waals surface area contributed by atoms with Crippen molar-refractivity contribution < 1.29 is 9.53 Å². The van der Waals surface area contributed by atoms with Crippen molar-refractivity contribution >= 4 is 28.5 Å². The molecular weight excluding hydrogens is 305 g/mol. The van der Waals surface area contributed by atoms with Gasteiger partial charge in [0.2, 0.25) is 0 Å². The third-order valence-electron chi connectivity index (χ3n) is 2.09. The van der Waals surface area contributed by atoms with Gasteiger partial charge in [-0.05, 0) is 59.7 Å². The van der Waals surface area contributed by atoms with E-state index in [1.165, 1.54) is 0 Å². The second-order valence-corrected chi connectivity index (χ2v) is 4.57. The molecule has 0 fully saturated rings. The quantitative estimate of drug-likeness (QED) is 0.866. The van der Waals surface area contributed by atoms with Crippen LogP contribution in [0.1, 0.15) is 18.9 Å². The van der Waals surface area contributed by atoms with Gasteiger partial charge >= 0.3 is 0 Å². The summed E-state index contributed by atoms with van der Waals surface area (Å²) >= 11 is 2.23. The Balaban J connectivity index is 2.84. The van der Waals surface area contributed by atoms with Crippen LogP contribution in [-0.2, 0) is 4.79 Å². The number of hydrogen-bond acceptors (Lipinski definition) is 2. The first-order valence-electron chi connectivity index (χ1n) is 4.76. The molecular formula is C11H14INO2. The van der Waals surface area contributed by atoms with Crippen LogP contribution in [0.3, 0.4) is 0 Å². The Morgan fingerprint density at radius 3 is 2.73 bits per heavy atom. The van der Waals surface area contributed by atoms with E-state index in [1.54, 1.807) is 0 Å². The van der Waals surface area contributed by atoms with Crippen molar-refractivity contribution in [1.29, 1.82) is 0 Å². The van der Waals surface area contributed by atoms with Crippen LogP contribution in [0.4, 0.5) is 0 Å². The third-order valence-corrected chi connectivity index (χ3v) is 2.77. The van der Waals surface area contributed by atoms with Gasteiger partial charge in [0, 0.05) is 3.57 Å². The SMILES string of the molecule is CCC(Oc1ccc(I)cc1C)C(N)=O. The van der Waals surface area contributed by atoms with E-state index in [0.29, 0.717) is 6.42 Å². The van der Waals surface area contributed by atoms with Crippen molar-refractivity contribution in [2.45, 2.75) is 26.4 Å². The summed E-state index contributed by atoms with van der Waals surface area (Å²) in [5.41, 5.74) is 6.22. The molecule has 0 spiro atoms. The number of primary amides is 1. The summed E-state index contributed by atoms with van der Waals surface area (Å²) in [6, 6.07) is 5.81. The molecule has 1 amide bonds. The van der Waals surface area contributed by atoms with Gasteiger partial charge in [-0.25, -0.2) is 0 Å². The monoisotopic (exact) mass is 319 g/mol. The molecule has 0 saturated carbocycles. The number of amides is 1. The molecule has 0 aliphatic heterocycles. The second-order valence-electron chi connectivity index (χ2n) is 3.33. The molecule has 0 radical (unpaired) electrons. The zero-order valence-corrected chi connectivity index (χ0v) is 10.9. The van der Waals surface area contributed by atoms with Crippen molar-refractivity contribution in [2.75, 3.05) is 0 Å². The molecule has 0 bridgehead atoms. The molecule has 0 aromatic heterocycles. The lowest BCUT2D eigenvalue weighted by molar-refractivity contribution is -0.124. The fraction of sp³-hybridized carbons (Fsp3) is 0.364. The zero-order chi connectivity index (χ0) is 11.4. The van der Waals surface area contributed by atoms with E-state index in [1.807, 2.05) is 32.0 Å². The first kappa shape index (κ1) is 12.3. The minimum absolute atomic E-state index is 0.421. The maximum atomic E-state index is 11.0. The number of aryl methyl sites for hydroxylation is 1. The molecule has 1 aromatic carbocycles. The number of rotatable bonds is 4. The number of carbonyl (C=O) groups excluding carboxylic acids is 1. The average Bonchev–Trinajstić information content (AvgIpc) is 2.16. The van der Waals surface area contributed by atoms with Crippen LogP contribution in [0, 0.1) is 10.5 Å². The Hall–Kier alpha value is -0.780. The summed E-state index contributed by atoms with van der Waals surface area (Å²) in [4.78, 5) is 11.0. The Labute approximate surface area is 103 Å². The van der Waals surface area contributed by atoms with Crippen LogP contribution in [0.5, 0.6) is 5.75 Å². The van der Waals surface area contributed by atoms with Gasteiger partial charge < -0.3 is 10.5 Å². The van der Waals surface area contributed by atoms with Crippen molar-refractivity contribution in [3.8, 4) is 5.75 Å². The van der Waals surface area contributed by atoms with Gasteiger partial charge in [0.15, 0.2) is 6.10 Å². The number of hydrogen-bond donors (Lipinski definition) is 1. The molecule has 0 aliphatic rings. The summed E-state index contributed by atoms with van der Waals surface area (Å²) in [6.45, 7) is 3.82. The van der Waals surface area contributed by atoms with Crippen LogP contribution < -0.4 is 10.5 Å². The normalized spacial score (nSPS) is 12.2. The summed E-state index contributed by atoms with van der Waals surface area (Å²) in [5, 5.41) is 0. The lowest BCUT2D eigenvalue weighted by Gasteiger charge is -2.15. The molecule has 82 valence electrons. The first-order valence-corrected chi connectivity index (χ1v) is 5.84. The number of nitrogens with two attached hydrogens (primary N) is 1. The van der Waals surface area contributed by atoms with Gasteiger partial charge in [0.1, 0.15) is 5.75 Å². The van der Waals surface area contributed by atoms with Crippen molar-refractivity contribution in [3.63, 3.8) is 0 Å². The van der Waals surface area contributed by atoms with Crippen LogP contribution in [0.15, 0.2) is 18.2 Å². The highest BCUT2D eigenvalue weighted by molar-refractivity contribution is 14.1. The van der Waals surface area contributed by atoms with Gasteiger partial charge in [-0.3, -0.25) is 4.79 Å². The van der Waals surface area contributed by atoms with Crippen LogP contribution in [0.2, 0.25) is 0 Å². The number of ether oxygens (including phenoxy) is 1. The van der Waals surface area contributed by atoms with Crippen LogP contribution in [0.25, 0.3) is 0 Å². The highest BCUT2D eigenvalue weighted by Crippen LogP contribution is 2.21. The predicted molar refractivity (Wildman–Crippen MR) is 67.8 cm³/mol. The molecule has 4 heteroatoms. The van der Waals surface area contributed by atoms with E-state index >= 15 is 0 Å². The van der Waals surface area contributed by atoms with Gasteiger partial charge in [-0.1, -0.05) is 6.92 Å². The molecule has 15 heavy (non-hydrogen) atoms. The van der Waals surface area contributed by atoms with Crippen LogP contribution >= 0.6 is 22.6 Å². The number of carbonyl (C=O) groups is 1. The standard InChI is InChI=1S/C11H14INO2/c1-3-9(11(13)14)15-10-5-4-8(12)6-7(10)2/h4-6,9H,3H2,1-2H3,(H2,13,14). The fourth-order valence-corrected chi connectivity index (χ4v) is 1.89. The van der Waals surface area contributed by atoms with Crippen LogP contribution in [-0.4, -0.2) is 12.0 Å². The topological polar surface area (TPSA) is 52.3 Å². The fourth-order valence-electron chi connectivity index (χ4n) is 1.24. The Morgan fingerprint density at radius 1 is 1.60 bits per heavy atom. The Morgan fingerprint density at radius 2 is 2.27 bits per heavy atom. The molecule has 1 atom stereocenters. The summed E-state index contributed by atoms with van der Waals surface area (Å²) in [6.07, 6.45) is 0.0459. The molecule has 1 aromatic rings. The smallest absolute Gasteiger partial charge is 0.258 e. The maximum Gasteiger partial charge on any atom is 0.258 e. The minimum atomic E-state index is -0.538. The lowest BCUT2D eigenvalue weighted by atomic mass is 10.2. The van der Waals surface area contributed by atoms with Gasteiger partial charge in [-0.15, -0.1) is 0 Å². The molecule has 1 unspecified atom stereocenters. The van der Waals surface area contributed by atoms with E-state index in [9.17, 15) is 4.79 Å². The van der Waals surface area contributed by atoms with Gasteiger partial charge in [-0.2, -0.15) is 0 Å². The number of halogens is 1. The van der Waals surface area contributed by atoms with E-state index < -0.39 is 12.0 Å². The molecule has 0 saturated heterocycles. The summed E-state index contributed by atoms with van der Waals surface area (Å²) in [7, 11) is 0. The highest BCUT2D eigenvalue weighted by Gasteiger charge is 2.15. The van der Waals surface area contributed by atoms with Gasteiger partial charge in [0.25, 0.3) is 5.91 Å². The van der Waals surface area contributed by atoms with E-state index in [-0.39, 0.29) is 0 Å². The highest BCUT2D eigenvalue weighted by atomic mass is 127. The Bertz CT molecular complexity index is 366. The van der Waals surface area contributed by atoms with Crippen molar-refractivity contribution in [1.82, 2.24) is 0 Å². The second kappa shape index (κ2) is 5.34. The summed E-state index contributed by atoms with van der Waals surface area (Å²) < 4.78 is 6.68. The molecule has 3 nitrogen and oxygen atoms in total. The average molecular weight is 319 g/mol. The van der Waals surface area contributed by atoms with Gasteiger partial charge in [0.05, 0.1) is 0 Å². The Kier molecular flexibility index (Phi) is 4.38. The van der Waals surface area contributed by atoms with E-state index in [4.69, 9.17) is 10.5 Å². The predicted octanol–water partition coefficient (Wildman–Crippen LogP) is 2.24. The van der Waals surface area contributed by atoms with Crippen molar-refractivity contribution in [2.24, 2.45) is 5.73 Å². The molecule has 0 aliphatic carbocycles. The maximum absolute atomic E-state index is 11.0. The third kappa shape index (κ3) is 3.37. The largest absolute Gasteiger partial charge is 0.480 e. The lowest BCUT2D eigenvalue weighted by Crippen LogP contribution is -2.33. The summed E-state index contributed by atoms with van der Waals surface area (Å²) in [5.74, 6) is 0.302. The number of benzene rings is 1. The first-order chi connectivity index (χ1) is 7.04.